The first-order chi connectivity index (χ1) is 16.5. The summed E-state index contributed by atoms with van der Waals surface area (Å²) in [6, 6.07) is 16.1. The molecule has 1 saturated carbocycles. The number of rotatable bonds is 7. The molecule has 2 aromatic heterocycles. The van der Waals surface area contributed by atoms with E-state index < -0.39 is 0 Å². The van der Waals surface area contributed by atoms with Crippen molar-refractivity contribution in [2.24, 2.45) is 5.92 Å². The van der Waals surface area contributed by atoms with Crippen molar-refractivity contribution in [3.05, 3.63) is 71.4 Å². The number of anilines is 1. The third-order valence-electron chi connectivity index (χ3n) is 6.16. The fourth-order valence-electron chi connectivity index (χ4n) is 4.30. The van der Waals surface area contributed by atoms with Gasteiger partial charge in [-0.1, -0.05) is 29.8 Å². The molecule has 0 aliphatic heterocycles. The fraction of sp³-hybridized carbons (Fsp3) is 0.269. The number of benzene rings is 2. The average molecular weight is 455 g/mol. The van der Waals surface area contributed by atoms with Crippen LogP contribution in [0, 0.1) is 19.8 Å². The molecule has 1 aliphatic rings. The Balaban J connectivity index is 1.42. The summed E-state index contributed by atoms with van der Waals surface area (Å²) < 4.78 is 5.46. The van der Waals surface area contributed by atoms with Crippen LogP contribution in [0.1, 0.15) is 36.0 Å². The zero-order valence-corrected chi connectivity index (χ0v) is 19.4. The number of carbonyl (C=O) groups excluding carboxylic acids is 1. The van der Waals surface area contributed by atoms with E-state index in [1.807, 2.05) is 44.2 Å². The van der Waals surface area contributed by atoms with Gasteiger partial charge in [0.15, 0.2) is 5.82 Å². The third-order valence-corrected chi connectivity index (χ3v) is 6.16. The van der Waals surface area contributed by atoms with E-state index in [0.29, 0.717) is 18.3 Å². The molecule has 2 aromatic carbocycles. The van der Waals surface area contributed by atoms with E-state index in [0.717, 1.165) is 34.4 Å². The first-order valence-corrected chi connectivity index (χ1v) is 11.4. The number of H-pyrrole nitrogens is 1. The number of pyridine rings is 1. The van der Waals surface area contributed by atoms with E-state index in [1.165, 1.54) is 11.1 Å². The van der Waals surface area contributed by atoms with Crippen molar-refractivity contribution in [1.82, 2.24) is 25.6 Å². The summed E-state index contributed by atoms with van der Waals surface area (Å²) in [6.07, 6.45) is 2.63. The third kappa shape index (κ3) is 4.39. The minimum atomic E-state index is -0.0217. The highest BCUT2D eigenvalue weighted by Gasteiger charge is 2.44. The number of aryl methyl sites for hydroxylation is 2. The number of carbonyl (C=O) groups is 1. The highest BCUT2D eigenvalue weighted by molar-refractivity contribution is 5.97. The van der Waals surface area contributed by atoms with E-state index in [4.69, 9.17) is 4.74 Å². The summed E-state index contributed by atoms with van der Waals surface area (Å²) in [7, 11) is 0. The standard InChI is InChI=1S/C26H26N6O2/c1-4-34-24-9-8-18(14-27-24)19-11-16(3)23(13-21(19)25-29-31-32-30-25)28-26(33)22-12-20(22)17-7-5-6-15(2)10-17/h5-11,13-14,20,22H,4,12H2,1-3H3,(H,28,33)(H,29,30,31,32). The molecule has 1 amide bonds. The largest absolute Gasteiger partial charge is 0.478 e. The molecular weight excluding hydrogens is 428 g/mol. The first kappa shape index (κ1) is 21.8. The van der Waals surface area contributed by atoms with Crippen LogP contribution in [-0.4, -0.2) is 38.1 Å². The Kier molecular flexibility index (Phi) is 5.79. The number of amides is 1. The van der Waals surface area contributed by atoms with Crippen molar-refractivity contribution in [2.45, 2.75) is 33.1 Å². The average Bonchev–Trinajstić information content (AvgIpc) is 3.46. The molecule has 0 radical (unpaired) electrons. The van der Waals surface area contributed by atoms with Gasteiger partial charge in [-0.25, -0.2) is 10.1 Å². The lowest BCUT2D eigenvalue weighted by atomic mass is 9.96. The predicted octanol–water partition coefficient (Wildman–Crippen LogP) is 4.69. The van der Waals surface area contributed by atoms with Crippen LogP contribution in [0.15, 0.2) is 54.7 Å². The van der Waals surface area contributed by atoms with Crippen molar-refractivity contribution < 1.29 is 9.53 Å². The number of nitrogens with zero attached hydrogens (tertiary/aromatic N) is 4. The minimum Gasteiger partial charge on any atom is -0.478 e. The maximum atomic E-state index is 13.1. The molecule has 2 unspecified atom stereocenters. The number of ether oxygens (including phenoxy) is 1. The van der Waals surface area contributed by atoms with Crippen LogP contribution in [0.4, 0.5) is 5.69 Å². The molecule has 4 aromatic rings. The van der Waals surface area contributed by atoms with Gasteiger partial charge in [-0.05, 0) is 78.4 Å². The molecule has 2 N–H and O–H groups in total. The van der Waals surface area contributed by atoms with Gasteiger partial charge in [0.1, 0.15) is 0 Å². The molecule has 2 heterocycles. The van der Waals surface area contributed by atoms with E-state index in [-0.39, 0.29) is 17.7 Å². The Morgan fingerprint density at radius 3 is 2.74 bits per heavy atom. The molecule has 8 heteroatoms. The normalized spacial score (nSPS) is 16.8. The lowest BCUT2D eigenvalue weighted by Crippen LogP contribution is -2.15. The highest BCUT2D eigenvalue weighted by atomic mass is 16.5. The number of aromatic amines is 1. The molecule has 8 nitrogen and oxygen atoms in total. The van der Waals surface area contributed by atoms with Crippen LogP contribution in [0.25, 0.3) is 22.5 Å². The predicted molar refractivity (Wildman–Crippen MR) is 129 cm³/mol. The van der Waals surface area contributed by atoms with Crippen molar-refractivity contribution in [3.8, 4) is 28.4 Å². The summed E-state index contributed by atoms with van der Waals surface area (Å²) in [5.41, 5.74) is 6.72. The quantitative estimate of drug-likeness (QED) is 0.420. The van der Waals surface area contributed by atoms with Crippen molar-refractivity contribution >= 4 is 11.6 Å². The van der Waals surface area contributed by atoms with Gasteiger partial charge in [-0.2, -0.15) is 0 Å². The summed E-state index contributed by atoms with van der Waals surface area (Å²) in [6.45, 7) is 6.53. The Bertz CT molecular complexity index is 1320. The minimum absolute atomic E-state index is 0.0217. The number of nitrogens with one attached hydrogen (secondary N) is 2. The van der Waals surface area contributed by atoms with Crippen molar-refractivity contribution in [3.63, 3.8) is 0 Å². The van der Waals surface area contributed by atoms with E-state index in [2.05, 4.69) is 56.0 Å². The Morgan fingerprint density at radius 2 is 2.03 bits per heavy atom. The van der Waals surface area contributed by atoms with Gasteiger partial charge in [0.05, 0.1) is 6.61 Å². The zero-order valence-electron chi connectivity index (χ0n) is 19.4. The Morgan fingerprint density at radius 1 is 1.15 bits per heavy atom. The SMILES string of the molecule is CCOc1ccc(-c2cc(C)c(NC(=O)C3CC3c3cccc(C)c3)cc2-c2nnn[nH]2)cn1. The highest BCUT2D eigenvalue weighted by Crippen LogP contribution is 2.48. The Labute approximate surface area is 197 Å². The van der Waals surface area contributed by atoms with Gasteiger partial charge in [0, 0.05) is 35.0 Å². The number of tetrazole rings is 1. The summed E-state index contributed by atoms with van der Waals surface area (Å²) >= 11 is 0. The van der Waals surface area contributed by atoms with Crippen LogP contribution in [0.2, 0.25) is 0 Å². The monoisotopic (exact) mass is 454 g/mol. The second kappa shape index (κ2) is 9.05. The number of hydrogen-bond donors (Lipinski definition) is 2. The molecule has 0 bridgehead atoms. The smallest absolute Gasteiger partial charge is 0.228 e. The maximum absolute atomic E-state index is 13.1. The van der Waals surface area contributed by atoms with Gasteiger partial charge in [0.25, 0.3) is 0 Å². The molecule has 34 heavy (non-hydrogen) atoms. The molecule has 0 saturated heterocycles. The van der Waals surface area contributed by atoms with Crippen LogP contribution >= 0.6 is 0 Å². The fourth-order valence-corrected chi connectivity index (χ4v) is 4.30. The molecular formula is C26H26N6O2. The van der Waals surface area contributed by atoms with E-state index >= 15 is 0 Å². The van der Waals surface area contributed by atoms with Crippen LogP contribution in [0.3, 0.4) is 0 Å². The molecule has 1 aliphatic carbocycles. The second-order valence-electron chi connectivity index (χ2n) is 8.63. The Hall–Kier alpha value is -4.07. The molecule has 172 valence electrons. The molecule has 5 rings (SSSR count). The summed E-state index contributed by atoms with van der Waals surface area (Å²) in [4.78, 5) is 17.5. The van der Waals surface area contributed by atoms with Crippen LogP contribution in [0.5, 0.6) is 5.88 Å². The maximum Gasteiger partial charge on any atom is 0.228 e. The second-order valence-corrected chi connectivity index (χ2v) is 8.63. The summed E-state index contributed by atoms with van der Waals surface area (Å²) in [5, 5.41) is 17.5. The van der Waals surface area contributed by atoms with Gasteiger partial charge >= 0.3 is 0 Å². The van der Waals surface area contributed by atoms with Gasteiger partial charge in [0.2, 0.25) is 11.8 Å². The zero-order chi connectivity index (χ0) is 23.7. The van der Waals surface area contributed by atoms with Crippen LogP contribution < -0.4 is 10.1 Å². The number of hydrogen-bond acceptors (Lipinski definition) is 6. The number of aromatic nitrogens is 5. The molecule has 1 fully saturated rings. The van der Waals surface area contributed by atoms with Crippen molar-refractivity contribution in [1.29, 1.82) is 0 Å². The topological polar surface area (TPSA) is 106 Å². The van der Waals surface area contributed by atoms with Gasteiger partial charge in [-0.15, -0.1) is 5.10 Å². The van der Waals surface area contributed by atoms with Gasteiger partial charge in [-0.3, -0.25) is 4.79 Å². The van der Waals surface area contributed by atoms with Gasteiger partial charge < -0.3 is 10.1 Å². The molecule has 2 atom stereocenters. The summed E-state index contributed by atoms with van der Waals surface area (Å²) in [5.74, 6) is 1.37. The van der Waals surface area contributed by atoms with E-state index in [9.17, 15) is 4.79 Å². The van der Waals surface area contributed by atoms with Crippen molar-refractivity contribution in [2.75, 3.05) is 11.9 Å². The molecule has 0 spiro atoms. The first-order valence-electron chi connectivity index (χ1n) is 11.4. The lowest BCUT2D eigenvalue weighted by molar-refractivity contribution is -0.117. The van der Waals surface area contributed by atoms with E-state index in [1.54, 1.807) is 6.20 Å². The van der Waals surface area contributed by atoms with Crippen LogP contribution in [-0.2, 0) is 4.79 Å². The lowest BCUT2D eigenvalue weighted by Gasteiger charge is -2.15.